The van der Waals surface area contributed by atoms with Crippen LogP contribution in [0.15, 0.2) is 35.7 Å². The van der Waals surface area contributed by atoms with Crippen molar-refractivity contribution in [2.24, 2.45) is 5.92 Å². The molecule has 0 bridgehead atoms. The average Bonchev–Trinajstić information content (AvgIpc) is 2.65. The molecule has 1 amide bonds. The lowest BCUT2D eigenvalue weighted by molar-refractivity contribution is -0.126. The van der Waals surface area contributed by atoms with Crippen LogP contribution >= 0.6 is 0 Å². The van der Waals surface area contributed by atoms with Crippen molar-refractivity contribution in [3.8, 4) is 0 Å². The van der Waals surface area contributed by atoms with Gasteiger partial charge < -0.3 is 5.32 Å². The largest absolute Gasteiger partial charge is 0.353 e. The molecule has 25 heavy (non-hydrogen) atoms. The molecule has 0 saturated carbocycles. The Kier molecular flexibility index (Phi) is 7.20. The van der Waals surface area contributed by atoms with E-state index in [1.54, 1.807) is 6.08 Å². The summed E-state index contributed by atoms with van der Waals surface area (Å²) >= 11 is 0. The Hall–Kier alpha value is -1.66. The number of nitrogens with zero attached hydrogens (tertiary/aromatic N) is 1. The van der Waals surface area contributed by atoms with Gasteiger partial charge in [-0.1, -0.05) is 44.2 Å². The number of sulfonamides is 1. The van der Waals surface area contributed by atoms with E-state index in [0.717, 1.165) is 18.4 Å². The van der Waals surface area contributed by atoms with Gasteiger partial charge >= 0.3 is 0 Å². The van der Waals surface area contributed by atoms with Crippen molar-refractivity contribution in [1.82, 2.24) is 9.62 Å². The zero-order valence-electron chi connectivity index (χ0n) is 15.0. The minimum Gasteiger partial charge on any atom is -0.353 e. The maximum Gasteiger partial charge on any atom is 0.236 e. The van der Waals surface area contributed by atoms with Crippen LogP contribution in [0.25, 0.3) is 6.08 Å². The van der Waals surface area contributed by atoms with Crippen LogP contribution in [0.2, 0.25) is 0 Å². The van der Waals surface area contributed by atoms with Gasteiger partial charge in [-0.2, -0.15) is 4.31 Å². The molecule has 1 N–H and O–H groups in total. The van der Waals surface area contributed by atoms with Crippen LogP contribution in [0, 0.1) is 5.92 Å². The summed E-state index contributed by atoms with van der Waals surface area (Å²) in [4.78, 5) is 12.3. The fourth-order valence-electron chi connectivity index (χ4n) is 3.00. The smallest absolute Gasteiger partial charge is 0.236 e. The van der Waals surface area contributed by atoms with E-state index in [-0.39, 0.29) is 17.9 Å². The highest BCUT2D eigenvalue weighted by atomic mass is 32.2. The zero-order valence-corrected chi connectivity index (χ0v) is 15.8. The first kappa shape index (κ1) is 19.7. The lowest BCUT2D eigenvalue weighted by Gasteiger charge is -2.30. The molecule has 0 aliphatic carbocycles. The number of nitrogens with one attached hydrogen (secondary N) is 1. The van der Waals surface area contributed by atoms with E-state index in [9.17, 15) is 13.2 Å². The van der Waals surface area contributed by atoms with E-state index < -0.39 is 10.0 Å². The number of hydrogen-bond donors (Lipinski definition) is 1. The molecule has 5 nitrogen and oxygen atoms in total. The van der Waals surface area contributed by atoms with Gasteiger partial charge in [0.2, 0.25) is 15.9 Å². The zero-order chi connectivity index (χ0) is 18.3. The molecule has 138 valence electrons. The predicted molar refractivity (Wildman–Crippen MR) is 101 cm³/mol. The fraction of sp³-hybridized carbons (Fsp3) is 0.526. The van der Waals surface area contributed by atoms with Gasteiger partial charge in [-0.15, -0.1) is 0 Å². The first-order valence-electron chi connectivity index (χ1n) is 9.00. The molecule has 1 aromatic carbocycles. The maximum atomic E-state index is 12.4. The SMILES string of the molecule is CCC(CC)NC(=O)C1CCN(S(=O)(=O)/C=C/c2ccccc2)CC1. The number of benzene rings is 1. The van der Waals surface area contributed by atoms with Crippen molar-refractivity contribution in [2.75, 3.05) is 13.1 Å². The summed E-state index contributed by atoms with van der Waals surface area (Å²) in [5.41, 5.74) is 0.852. The first-order valence-corrected chi connectivity index (χ1v) is 10.5. The summed E-state index contributed by atoms with van der Waals surface area (Å²) < 4.78 is 26.4. The van der Waals surface area contributed by atoms with Gasteiger partial charge in [0.1, 0.15) is 0 Å². The number of piperidine rings is 1. The summed E-state index contributed by atoms with van der Waals surface area (Å²) in [6.07, 6.45) is 4.59. The first-order chi connectivity index (χ1) is 12.0. The van der Waals surface area contributed by atoms with E-state index in [0.29, 0.717) is 25.9 Å². The summed E-state index contributed by atoms with van der Waals surface area (Å²) in [6, 6.07) is 9.57. The molecule has 0 aromatic heterocycles. The Morgan fingerprint density at radius 1 is 1.20 bits per heavy atom. The molecule has 1 heterocycles. The number of amides is 1. The maximum absolute atomic E-state index is 12.4. The Morgan fingerprint density at radius 3 is 2.36 bits per heavy atom. The van der Waals surface area contributed by atoms with Crippen LogP contribution in [0.1, 0.15) is 45.1 Å². The topological polar surface area (TPSA) is 66.5 Å². The number of carbonyl (C=O) groups is 1. The second kappa shape index (κ2) is 9.15. The molecule has 1 fully saturated rings. The Morgan fingerprint density at radius 2 is 1.80 bits per heavy atom. The van der Waals surface area contributed by atoms with Gasteiger partial charge in [0.05, 0.1) is 0 Å². The van der Waals surface area contributed by atoms with E-state index in [2.05, 4.69) is 19.2 Å². The molecule has 0 atom stereocenters. The molecule has 0 spiro atoms. The van der Waals surface area contributed by atoms with Crippen LogP contribution in [0.4, 0.5) is 0 Å². The minimum absolute atomic E-state index is 0.0607. The second-order valence-corrected chi connectivity index (χ2v) is 8.27. The lowest BCUT2D eigenvalue weighted by atomic mass is 9.96. The van der Waals surface area contributed by atoms with Crippen molar-refractivity contribution >= 4 is 22.0 Å². The fourth-order valence-corrected chi connectivity index (χ4v) is 4.22. The van der Waals surface area contributed by atoms with Gasteiger partial charge in [-0.05, 0) is 37.3 Å². The summed E-state index contributed by atoms with van der Waals surface area (Å²) in [5, 5.41) is 4.32. The molecule has 6 heteroatoms. The highest BCUT2D eigenvalue weighted by Crippen LogP contribution is 2.21. The minimum atomic E-state index is -3.44. The Balaban J connectivity index is 1.90. The standard InChI is InChI=1S/C19H28N2O3S/c1-3-18(4-2)20-19(22)17-10-13-21(14-11-17)25(23,24)15-12-16-8-6-5-7-9-16/h5-9,12,15,17-18H,3-4,10-11,13-14H2,1-2H3,(H,20,22)/b15-12+. The van der Waals surface area contributed by atoms with Gasteiger partial charge in [0.25, 0.3) is 0 Å². The van der Waals surface area contributed by atoms with Crippen LogP contribution in [0.5, 0.6) is 0 Å². The third kappa shape index (κ3) is 5.68. The molecular weight excluding hydrogens is 336 g/mol. The van der Waals surface area contributed by atoms with Crippen LogP contribution in [-0.4, -0.2) is 37.8 Å². The van der Waals surface area contributed by atoms with Crippen LogP contribution in [-0.2, 0) is 14.8 Å². The van der Waals surface area contributed by atoms with Crippen LogP contribution < -0.4 is 5.32 Å². The molecule has 1 aliphatic rings. The van der Waals surface area contributed by atoms with Gasteiger partial charge in [0.15, 0.2) is 0 Å². The third-order valence-corrected chi connectivity index (χ3v) is 6.31. The van der Waals surface area contributed by atoms with Gasteiger partial charge in [-0.3, -0.25) is 4.79 Å². The number of hydrogen-bond acceptors (Lipinski definition) is 3. The van der Waals surface area contributed by atoms with Gasteiger partial charge in [0, 0.05) is 30.5 Å². The van der Waals surface area contributed by atoms with E-state index in [4.69, 9.17) is 0 Å². The molecule has 1 saturated heterocycles. The summed E-state index contributed by atoms with van der Waals surface area (Å²) in [5.74, 6) is -0.0317. The van der Waals surface area contributed by atoms with Gasteiger partial charge in [-0.25, -0.2) is 8.42 Å². The van der Waals surface area contributed by atoms with Crippen molar-refractivity contribution in [2.45, 2.75) is 45.6 Å². The molecular formula is C19H28N2O3S. The monoisotopic (exact) mass is 364 g/mol. The molecule has 2 rings (SSSR count). The summed E-state index contributed by atoms with van der Waals surface area (Å²) in [7, 11) is -3.44. The van der Waals surface area contributed by atoms with E-state index in [1.165, 1.54) is 9.71 Å². The highest BCUT2D eigenvalue weighted by Gasteiger charge is 2.30. The normalized spacial score (nSPS) is 17.2. The second-order valence-electron chi connectivity index (χ2n) is 6.45. The molecule has 0 radical (unpaired) electrons. The van der Waals surface area contributed by atoms with E-state index >= 15 is 0 Å². The van der Waals surface area contributed by atoms with Crippen molar-refractivity contribution in [3.63, 3.8) is 0 Å². The van der Waals surface area contributed by atoms with E-state index in [1.807, 2.05) is 30.3 Å². The number of carbonyl (C=O) groups excluding carboxylic acids is 1. The Labute approximate surface area is 151 Å². The van der Waals surface area contributed by atoms with Crippen molar-refractivity contribution in [1.29, 1.82) is 0 Å². The van der Waals surface area contributed by atoms with Crippen molar-refractivity contribution in [3.05, 3.63) is 41.3 Å². The number of rotatable bonds is 7. The van der Waals surface area contributed by atoms with Crippen molar-refractivity contribution < 1.29 is 13.2 Å². The third-order valence-electron chi connectivity index (χ3n) is 4.75. The Bertz CT molecular complexity index is 674. The highest BCUT2D eigenvalue weighted by molar-refractivity contribution is 7.92. The molecule has 1 aliphatic heterocycles. The lowest BCUT2D eigenvalue weighted by Crippen LogP contribution is -2.44. The molecule has 0 unspecified atom stereocenters. The average molecular weight is 365 g/mol. The summed E-state index contributed by atoms with van der Waals surface area (Å²) in [6.45, 7) is 4.90. The molecule has 1 aromatic rings. The predicted octanol–water partition coefficient (Wildman–Crippen LogP) is 3.00. The quantitative estimate of drug-likeness (QED) is 0.809. The van der Waals surface area contributed by atoms with Crippen LogP contribution in [0.3, 0.4) is 0 Å².